The predicted octanol–water partition coefficient (Wildman–Crippen LogP) is 1.94. The first-order valence-electron chi connectivity index (χ1n) is 5.40. The molecule has 0 aliphatic rings. The molecular formula is C12H20N2OS. The number of hydrogen-bond acceptors (Lipinski definition) is 4. The monoisotopic (exact) mass is 240 g/mol. The summed E-state index contributed by atoms with van der Waals surface area (Å²) in [5.41, 5.74) is 6.47. The van der Waals surface area contributed by atoms with Gasteiger partial charge in [-0.15, -0.1) is 0 Å². The third-order valence-corrected chi connectivity index (χ3v) is 3.01. The molecule has 16 heavy (non-hydrogen) atoms. The normalized spacial score (nSPS) is 10.7. The number of benzene rings is 1. The first-order chi connectivity index (χ1) is 7.70. The number of nitrogens with zero attached hydrogens (tertiary/aromatic N) is 1. The lowest BCUT2D eigenvalue weighted by molar-refractivity contribution is 0.345. The molecule has 2 N–H and O–H groups in total. The Morgan fingerprint density at radius 1 is 1.25 bits per heavy atom. The highest BCUT2D eigenvalue weighted by Crippen LogP contribution is 2.19. The van der Waals surface area contributed by atoms with Crippen LogP contribution in [0.5, 0.6) is 5.75 Å². The minimum Gasteiger partial charge on any atom is -0.491 e. The van der Waals surface area contributed by atoms with Gasteiger partial charge in [0.15, 0.2) is 0 Å². The lowest BCUT2D eigenvalue weighted by atomic mass is 10.3. The van der Waals surface area contributed by atoms with Crippen molar-refractivity contribution in [3.05, 3.63) is 24.3 Å². The number of anilines is 1. The van der Waals surface area contributed by atoms with Crippen LogP contribution in [0.25, 0.3) is 0 Å². The van der Waals surface area contributed by atoms with Crippen LogP contribution in [0.15, 0.2) is 24.3 Å². The minimum absolute atomic E-state index is 0.709. The lowest BCUT2D eigenvalue weighted by Gasteiger charge is -2.10. The molecule has 0 radical (unpaired) electrons. The SMILES string of the molecule is CN(C)CCSCCOc1ccccc1N. The molecule has 0 spiro atoms. The Labute approximate surface area is 102 Å². The third-order valence-electron chi connectivity index (χ3n) is 2.09. The van der Waals surface area contributed by atoms with Crippen LogP contribution in [0, 0.1) is 0 Å². The van der Waals surface area contributed by atoms with Crippen molar-refractivity contribution < 1.29 is 4.74 Å². The number of nitrogen functional groups attached to an aromatic ring is 1. The summed E-state index contributed by atoms with van der Waals surface area (Å²) in [7, 11) is 4.17. The van der Waals surface area contributed by atoms with Gasteiger partial charge in [0, 0.05) is 18.1 Å². The van der Waals surface area contributed by atoms with Crippen LogP contribution < -0.4 is 10.5 Å². The van der Waals surface area contributed by atoms with E-state index in [2.05, 4.69) is 19.0 Å². The van der Waals surface area contributed by atoms with Gasteiger partial charge in [-0.2, -0.15) is 11.8 Å². The summed E-state index contributed by atoms with van der Waals surface area (Å²) in [5.74, 6) is 2.93. The number of rotatable bonds is 7. The molecule has 1 rings (SSSR count). The summed E-state index contributed by atoms with van der Waals surface area (Å²) in [6.07, 6.45) is 0. The largest absolute Gasteiger partial charge is 0.491 e. The van der Waals surface area contributed by atoms with Crippen LogP contribution in [-0.2, 0) is 0 Å². The molecule has 0 amide bonds. The predicted molar refractivity (Wildman–Crippen MR) is 72.2 cm³/mol. The highest BCUT2D eigenvalue weighted by Gasteiger charge is 1.98. The Kier molecular flexibility index (Phi) is 6.11. The Balaban J connectivity index is 2.10. The fraction of sp³-hybridized carbons (Fsp3) is 0.500. The first kappa shape index (κ1) is 13.2. The van der Waals surface area contributed by atoms with Crippen LogP contribution >= 0.6 is 11.8 Å². The standard InChI is InChI=1S/C12H20N2OS/c1-14(2)7-9-16-10-8-15-12-6-4-3-5-11(12)13/h3-6H,7-10,13H2,1-2H3. The van der Waals surface area contributed by atoms with Crippen molar-refractivity contribution in [2.24, 2.45) is 0 Å². The molecule has 3 nitrogen and oxygen atoms in total. The molecule has 1 aromatic rings. The maximum absolute atomic E-state index is 5.76. The molecule has 0 heterocycles. The van der Waals surface area contributed by atoms with Gasteiger partial charge in [-0.25, -0.2) is 0 Å². The Morgan fingerprint density at radius 3 is 2.69 bits per heavy atom. The van der Waals surface area contributed by atoms with E-state index in [1.165, 1.54) is 0 Å². The first-order valence-corrected chi connectivity index (χ1v) is 6.55. The highest BCUT2D eigenvalue weighted by atomic mass is 32.2. The van der Waals surface area contributed by atoms with Gasteiger partial charge < -0.3 is 15.4 Å². The molecule has 0 aromatic heterocycles. The zero-order valence-corrected chi connectivity index (χ0v) is 10.8. The van der Waals surface area contributed by atoms with Crippen molar-refractivity contribution >= 4 is 17.4 Å². The van der Waals surface area contributed by atoms with E-state index in [4.69, 9.17) is 10.5 Å². The summed E-state index contributed by atoms with van der Waals surface area (Å²) in [5, 5.41) is 0. The molecule has 4 heteroatoms. The summed E-state index contributed by atoms with van der Waals surface area (Å²) < 4.78 is 5.58. The van der Waals surface area contributed by atoms with Gasteiger partial charge >= 0.3 is 0 Å². The summed E-state index contributed by atoms with van der Waals surface area (Å²) in [6.45, 7) is 1.82. The second-order valence-corrected chi connectivity index (χ2v) is 5.03. The molecule has 1 aromatic carbocycles. The second-order valence-electron chi connectivity index (χ2n) is 3.80. The fourth-order valence-electron chi connectivity index (χ4n) is 1.17. The average molecular weight is 240 g/mol. The van der Waals surface area contributed by atoms with E-state index in [-0.39, 0.29) is 0 Å². The van der Waals surface area contributed by atoms with E-state index in [1.807, 2.05) is 36.0 Å². The number of nitrogens with two attached hydrogens (primary N) is 1. The molecule has 0 atom stereocenters. The van der Waals surface area contributed by atoms with Crippen LogP contribution in [0.1, 0.15) is 0 Å². The van der Waals surface area contributed by atoms with Gasteiger partial charge in [0.2, 0.25) is 0 Å². The quantitative estimate of drug-likeness (QED) is 0.584. The van der Waals surface area contributed by atoms with E-state index in [1.54, 1.807) is 0 Å². The van der Waals surface area contributed by atoms with Crippen molar-refractivity contribution in [1.29, 1.82) is 0 Å². The molecule has 0 fully saturated rings. The van der Waals surface area contributed by atoms with Gasteiger partial charge in [0.25, 0.3) is 0 Å². The lowest BCUT2D eigenvalue weighted by Crippen LogP contribution is -2.15. The van der Waals surface area contributed by atoms with Crippen LogP contribution in [-0.4, -0.2) is 43.7 Å². The summed E-state index contributed by atoms with van der Waals surface area (Å²) in [6, 6.07) is 7.60. The van der Waals surface area contributed by atoms with Crippen molar-refractivity contribution in [1.82, 2.24) is 4.90 Å². The summed E-state index contributed by atoms with van der Waals surface area (Å²) >= 11 is 1.90. The zero-order chi connectivity index (χ0) is 11.8. The number of thioether (sulfide) groups is 1. The molecule has 0 saturated heterocycles. The Hall–Kier alpha value is -0.870. The summed E-state index contributed by atoms with van der Waals surface area (Å²) in [4.78, 5) is 2.18. The van der Waals surface area contributed by atoms with Gasteiger partial charge in [-0.3, -0.25) is 0 Å². The Bertz CT molecular complexity index is 305. The van der Waals surface area contributed by atoms with E-state index >= 15 is 0 Å². The zero-order valence-electron chi connectivity index (χ0n) is 9.98. The smallest absolute Gasteiger partial charge is 0.142 e. The number of ether oxygens (including phenoxy) is 1. The van der Waals surface area contributed by atoms with Gasteiger partial charge in [-0.05, 0) is 26.2 Å². The Morgan fingerprint density at radius 2 is 2.00 bits per heavy atom. The highest BCUT2D eigenvalue weighted by molar-refractivity contribution is 7.99. The van der Waals surface area contributed by atoms with Gasteiger partial charge in [-0.1, -0.05) is 12.1 Å². The maximum atomic E-state index is 5.76. The third kappa shape index (κ3) is 5.28. The van der Waals surface area contributed by atoms with Crippen molar-refractivity contribution in [2.45, 2.75) is 0 Å². The number of hydrogen-bond donors (Lipinski definition) is 1. The van der Waals surface area contributed by atoms with Crippen molar-refractivity contribution in [3.8, 4) is 5.75 Å². The maximum Gasteiger partial charge on any atom is 0.142 e. The van der Waals surface area contributed by atoms with Crippen LogP contribution in [0.3, 0.4) is 0 Å². The second kappa shape index (κ2) is 7.41. The van der Waals surface area contributed by atoms with Crippen molar-refractivity contribution in [2.75, 3.05) is 44.5 Å². The van der Waals surface area contributed by atoms with Gasteiger partial charge in [0.1, 0.15) is 5.75 Å². The molecule has 0 saturated carbocycles. The van der Waals surface area contributed by atoms with E-state index in [0.29, 0.717) is 12.3 Å². The molecule has 0 aliphatic carbocycles. The fourth-order valence-corrected chi connectivity index (χ4v) is 2.07. The molecular weight excluding hydrogens is 220 g/mol. The molecule has 90 valence electrons. The topological polar surface area (TPSA) is 38.5 Å². The van der Waals surface area contributed by atoms with Crippen LogP contribution in [0.2, 0.25) is 0 Å². The van der Waals surface area contributed by atoms with E-state index in [0.717, 1.165) is 23.8 Å². The molecule has 0 unspecified atom stereocenters. The number of para-hydroxylation sites is 2. The van der Waals surface area contributed by atoms with E-state index in [9.17, 15) is 0 Å². The molecule has 0 bridgehead atoms. The minimum atomic E-state index is 0.709. The van der Waals surface area contributed by atoms with Crippen LogP contribution in [0.4, 0.5) is 5.69 Å². The molecule has 0 aliphatic heterocycles. The van der Waals surface area contributed by atoms with Gasteiger partial charge in [0.05, 0.1) is 12.3 Å². The van der Waals surface area contributed by atoms with E-state index < -0.39 is 0 Å². The average Bonchev–Trinajstić information content (AvgIpc) is 2.25. The van der Waals surface area contributed by atoms with Crippen molar-refractivity contribution in [3.63, 3.8) is 0 Å².